The molecule has 0 atom stereocenters. The molecule has 0 bridgehead atoms. The molecule has 4 nitrogen and oxygen atoms in total. The summed E-state index contributed by atoms with van der Waals surface area (Å²) in [6.45, 7) is 6.16. The van der Waals surface area contributed by atoms with Gasteiger partial charge in [0, 0.05) is 27.6 Å². The maximum atomic E-state index is 14.0. The van der Waals surface area contributed by atoms with Crippen LogP contribution < -0.4 is 0 Å². The van der Waals surface area contributed by atoms with Crippen molar-refractivity contribution < 1.29 is 9.18 Å². The van der Waals surface area contributed by atoms with Crippen LogP contribution in [0.1, 0.15) is 35.0 Å². The fraction of sp³-hybridized carbons (Fsp3) is 0.250. The van der Waals surface area contributed by atoms with E-state index in [9.17, 15) is 9.18 Å². The Morgan fingerprint density at radius 2 is 1.96 bits per heavy atom. The summed E-state index contributed by atoms with van der Waals surface area (Å²) >= 11 is 1.49. The highest BCUT2D eigenvalue weighted by Crippen LogP contribution is 2.31. The van der Waals surface area contributed by atoms with Gasteiger partial charge in [0.25, 0.3) is 5.91 Å². The Hall–Kier alpha value is -2.60. The zero-order valence-electron chi connectivity index (χ0n) is 14.9. The number of hydrogen-bond acceptors (Lipinski definition) is 4. The summed E-state index contributed by atoms with van der Waals surface area (Å²) < 4.78 is 14.0. The molecule has 0 spiro atoms. The van der Waals surface area contributed by atoms with E-state index in [0.717, 1.165) is 9.75 Å². The molecule has 3 aromatic rings. The second kappa shape index (κ2) is 7.74. The van der Waals surface area contributed by atoms with Gasteiger partial charge in [-0.3, -0.25) is 4.79 Å². The SMILES string of the molecule is Cc1nccc(C(=O)N(Cc2ccc(-c3ccccc3F)s2)C(C)C)n1. The lowest BCUT2D eigenvalue weighted by Crippen LogP contribution is -2.36. The first kappa shape index (κ1) is 18.2. The maximum Gasteiger partial charge on any atom is 0.273 e. The van der Waals surface area contributed by atoms with E-state index in [2.05, 4.69) is 9.97 Å². The lowest BCUT2D eigenvalue weighted by Gasteiger charge is -2.26. The molecule has 2 aromatic heterocycles. The number of halogens is 1. The molecule has 0 saturated carbocycles. The number of benzene rings is 1. The second-order valence-electron chi connectivity index (χ2n) is 6.26. The molecule has 1 amide bonds. The average molecular weight is 369 g/mol. The molecule has 3 rings (SSSR count). The summed E-state index contributed by atoms with van der Waals surface area (Å²) in [5.41, 5.74) is 0.967. The van der Waals surface area contributed by atoms with Gasteiger partial charge < -0.3 is 4.90 Å². The minimum absolute atomic E-state index is 0.0109. The van der Waals surface area contributed by atoms with E-state index >= 15 is 0 Å². The van der Waals surface area contributed by atoms with Crippen molar-refractivity contribution in [2.75, 3.05) is 0 Å². The van der Waals surface area contributed by atoms with Gasteiger partial charge in [-0.15, -0.1) is 11.3 Å². The van der Waals surface area contributed by atoms with Gasteiger partial charge in [0.2, 0.25) is 0 Å². The first-order valence-corrected chi connectivity index (χ1v) is 9.21. The van der Waals surface area contributed by atoms with Gasteiger partial charge in [0.1, 0.15) is 17.3 Å². The van der Waals surface area contributed by atoms with Gasteiger partial charge in [-0.1, -0.05) is 18.2 Å². The minimum Gasteiger partial charge on any atom is -0.330 e. The number of hydrogen-bond donors (Lipinski definition) is 0. The van der Waals surface area contributed by atoms with Gasteiger partial charge in [0.15, 0.2) is 0 Å². The minimum atomic E-state index is -0.242. The summed E-state index contributed by atoms with van der Waals surface area (Å²) in [4.78, 5) is 24.7. The average Bonchev–Trinajstić information content (AvgIpc) is 3.07. The highest BCUT2D eigenvalue weighted by molar-refractivity contribution is 7.15. The van der Waals surface area contributed by atoms with Crippen LogP contribution >= 0.6 is 11.3 Å². The Bertz CT molecular complexity index is 923. The third-order valence-electron chi connectivity index (χ3n) is 4.01. The van der Waals surface area contributed by atoms with E-state index in [0.29, 0.717) is 23.6 Å². The Balaban J connectivity index is 1.83. The van der Waals surface area contributed by atoms with Crippen molar-refractivity contribution in [1.29, 1.82) is 0 Å². The van der Waals surface area contributed by atoms with Crippen LogP contribution in [-0.2, 0) is 6.54 Å². The second-order valence-corrected chi connectivity index (χ2v) is 7.43. The van der Waals surface area contributed by atoms with Gasteiger partial charge in [-0.25, -0.2) is 14.4 Å². The summed E-state index contributed by atoms with van der Waals surface area (Å²) in [7, 11) is 0. The van der Waals surface area contributed by atoms with Crippen LogP contribution in [0.5, 0.6) is 0 Å². The fourth-order valence-electron chi connectivity index (χ4n) is 2.65. The lowest BCUT2D eigenvalue weighted by atomic mass is 10.2. The third kappa shape index (κ3) is 3.96. The van der Waals surface area contributed by atoms with E-state index in [1.54, 1.807) is 36.2 Å². The molecule has 0 fully saturated rings. The molecule has 134 valence electrons. The van der Waals surface area contributed by atoms with Gasteiger partial charge in [-0.05, 0) is 45.0 Å². The molecule has 26 heavy (non-hydrogen) atoms. The number of aromatic nitrogens is 2. The van der Waals surface area contributed by atoms with Crippen LogP contribution in [0.2, 0.25) is 0 Å². The Labute approximate surface area is 156 Å². The van der Waals surface area contributed by atoms with Crippen LogP contribution in [0.15, 0.2) is 48.7 Å². The number of aryl methyl sites for hydroxylation is 1. The van der Waals surface area contributed by atoms with E-state index in [4.69, 9.17) is 0 Å². The predicted molar refractivity (Wildman–Crippen MR) is 101 cm³/mol. The standard InChI is InChI=1S/C20H20FN3OS/c1-13(2)24(20(25)18-10-11-22-14(3)23-18)12-15-8-9-19(26-15)16-6-4-5-7-17(16)21/h4-11,13H,12H2,1-3H3. The van der Waals surface area contributed by atoms with Crippen LogP contribution in [0.3, 0.4) is 0 Å². The third-order valence-corrected chi connectivity index (χ3v) is 5.11. The monoisotopic (exact) mass is 369 g/mol. The molecule has 0 saturated heterocycles. The van der Waals surface area contributed by atoms with Crippen molar-refractivity contribution in [3.63, 3.8) is 0 Å². The molecule has 1 aromatic carbocycles. The highest BCUT2D eigenvalue weighted by Gasteiger charge is 2.21. The molecule has 0 radical (unpaired) electrons. The molecule has 0 N–H and O–H groups in total. The van der Waals surface area contributed by atoms with Crippen molar-refractivity contribution >= 4 is 17.2 Å². The zero-order valence-corrected chi connectivity index (χ0v) is 15.8. The van der Waals surface area contributed by atoms with E-state index in [1.807, 2.05) is 32.0 Å². The van der Waals surface area contributed by atoms with Gasteiger partial charge >= 0.3 is 0 Å². The molecular weight excluding hydrogens is 349 g/mol. The van der Waals surface area contributed by atoms with Crippen molar-refractivity contribution in [3.05, 3.63) is 70.9 Å². The number of carbonyl (C=O) groups is 1. The van der Waals surface area contributed by atoms with Crippen LogP contribution in [-0.4, -0.2) is 26.8 Å². The summed E-state index contributed by atoms with van der Waals surface area (Å²) in [6.07, 6.45) is 1.59. The zero-order chi connectivity index (χ0) is 18.7. The number of rotatable bonds is 5. The quantitative estimate of drug-likeness (QED) is 0.655. The Kier molecular flexibility index (Phi) is 5.42. The van der Waals surface area contributed by atoms with Crippen LogP contribution in [0, 0.1) is 12.7 Å². The van der Waals surface area contributed by atoms with Crippen molar-refractivity contribution in [3.8, 4) is 10.4 Å². The topological polar surface area (TPSA) is 46.1 Å². The van der Waals surface area contributed by atoms with Crippen LogP contribution in [0.4, 0.5) is 4.39 Å². The van der Waals surface area contributed by atoms with Crippen molar-refractivity contribution in [2.24, 2.45) is 0 Å². The smallest absolute Gasteiger partial charge is 0.273 e. The predicted octanol–water partition coefficient (Wildman–Crippen LogP) is 4.70. The summed E-state index contributed by atoms with van der Waals surface area (Å²) in [6, 6.07) is 12.2. The Morgan fingerprint density at radius 1 is 1.19 bits per heavy atom. The summed E-state index contributed by atoms with van der Waals surface area (Å²) in [5, 5.41) is 0. The van der Waals surface area contributed by atoms with Gasteiger partial charge in [0.05, 0.1) is 6.54 Å². The first-order chi connectivity index (χ1) is 12.5. The summed E-state index contributed by atoms with van der Waals surface area (Å²) in [5.74, 6) is 0.193. The molecule has 0 unspecified atom stereocenters. The number of carbonyl (C=O) groups excluding carboxylic acids is 1. The van der Waals surface area contributed by atoms with Crippen molar-refractivity contribution in [2.45, 2.75) is 33.4 Å². The molecular formula is C20H20FN3OS. The normalized spacial score (nSPS) is 11.0. The van der Waals surface area contributed by atoms with E-state index < -0.39 is 0 Å². The Morgan fingerprint density at radius 3 is 2.65 bits per heavy atom. The molecule has 2 heterocycles. The first-order valence-electron chi connectivity index (χ1n) is 8.40. The largest absolute Gasteiger partial charge is 0.330 e. The van der Waals surface area contributed by atoms with E-state index in [-0.39, 0.29) is 17.8 Å². The van der Waals surface area contributed by atoms with E-state index in [1.165, 1.54) is 17.4 Å². The van der Waals surface area contributed by atoms with Gasteiger partial charge in [-0.2, -0.15) is 0 Å². The number of nitrogens with zero attached hydrogens (tertiary/aromatic N) is 3. The molecule has 0 aliphatic carbocycles. The number of thiophene rings is 1. The van der Waals surface area contributed by atoms with Crippen molar-refractivity contribution in [1.82, 2.24) is 14.9 Å². The molecule has 6 heteroatoms. The lowest BCUT2D eigenvalue weighted by molar-refractivity contribution is 0.0686. The molecule has 0 aliphatic heterocycles. The highest BCUT2D eigenvalue weighted by atomic mass is 32.1. The van der Waals surface area contributed by atoms with Crippen LogP contribution in [0.25, 0.3) is 10.4 Å². The number of amides is 1. The fourth-order valence-corrected chi connectivity index (χ4v) is 3.68. The molecule has 0 aliphatic rings. The maximum absolute atomic E-state index is 14.0.